The molecule has 0 saturated carbocycles. The van der Waals surface area contributed by atoms with Crippen LogP contribution in [0.15, 0.2) is 23.1 Å². The zero-order valence-corrected chi connectivity index (χ0v) is 14.1. The highest BCUT2D eigenvalue weighted by Crippen LogP contribution is 2.25. The first-order valence-corrected chi connectivity index (χ1v) is 8.70. The van der Waals surface area contributed by atoms with Gasteiger partial charge >= 0.3 is 6.18 Å². The van der Waals surface area contributed by atoms with Gasteiger partial charge in [0.1, 0.15) is 12.3 Å². The Morgan fingerprint density at radius 1 is 1.32 bits per heavy atom. The molecular weight excluding hydrogens is 365 g/mol. The van der Waals surface area contributed by atoms with Crippen molar-refractivity contribution in [1.29, 1.82) is 0 Å². The number of hydrogen-bond donors (Lipinski definition) is 1. The number of amides is 1. The second-order valence-corrected chi connectivity index (χ2v) is 7.11. The number of morpholine rings is 1. The third-order valence-corrected chi connectivity index (χ3v) is 5.37. The molecule has 1 heterocycles. The molecule has 1 saturated heterocycles. The molecule has 25 heavy (non-hydrogen) atoms. The quantitative estimate of drug-likeness (QED) is 0.822. The molecule has 7 nitrogen and oxygen atoms in total. The molecule has 0 aromatic heterocycles. The van der Waals surface area contributed by atoms with E-state index in [0.29, 0.717) is 0 Å². The minimum Gasteiger partial charge on any atom is -0.496 e. The van der Waals surface area contributed by atoms with Crippen LogP contribution in [0.3, 0.4) is 0 Å². The lowest BCUT2D eigenvalue weighted by atomic mass is 10.2. The van der Waals surface area contributed by atoms with Gasteiger partial charge in [-0.15, -0.1) is 0 Å². The van der Waals surface area contributed by atoms with Crippen LogP contribution in [0.2, 0.25) is 0 Å². The van der Waals surface area contributed by atoms with Gasteiger partial charge in [-0.05, 0) is 18.2 Å². The molecule has 0 atom stereocenters. The van der Waals surface area contributed by atoms with E-state index in [4.69, 9.17) is 9.47 Å². The Balaban J connectivity index is 2.31. The monoisotopic (exact) mass is 382 g/mol. The minimum atomic E-state index is -4.58. The van der Waals surface area contributed by atoms with E-state index in [1.807, 2.05) is 0 Å². The van der Waals surface area contributed by atoms with Gasteiger partial charge in [0.15, 0.2) is 0 Å². The molecule has 11 heteroatoms. The number of sulfonamides is 1. The first-order valence-electron chi connectivity index (χ1n) is 7.26. The summed E-state index contributed by atoms with van der Waals surface area (Å²) in [5.74, 6) is -1.10. The normalized spacial score (nSPS) is 16.5. The number of rotatable bonds is 5. The molecule has 1 aliphatic heterocycles. The van der Waals surface area contributed by atoms with Crippen LogP contribution in [0.1, 0.15) is 10.4 Å². The second-order valence-electron chi connectivity index (χ2n) is 5.18. The zero-order chi connectivity index (χ0) is 18.7. The smallest absolute Gasteiger partial charge is 0.405 e. The molecule has 1 amide bonds. The number of nitrogens with zero attached hydrogens (tertiary/aromatic N) is 1. The van der Waals surface area contributed by atoms with Crippen molar-refractivity contribution in [3.05, 3.63) is 23.8 Å². The molecule has 0 radical (unpaired) electrons. The van der Waals surface area contributed by atoms with E-state index in [2.05, 4.69) is 0 Å². The van der Waals surface area contributed by atoms with E-state index in [0.717, 1.165) is 6.07 Å². The highest BCUT2D eigenvalue weighted by molar-refractivity contribution is 7.89. The number of hydrogen-bond acceptors (Lipinski definition) is 5. The Morgan fingerprint density at radius 3 is 2.52 bits per heavy atom. The maximum absolute atomic E-state index is 12.6. The molecule has 0 bridgehead atoms. The van der Waals surface area contributed by atoms with Crippen LogP contribution in [0.4, 0.5) is 13.2 Å². The fourth-order valence-corrected chi connectivity index (χ4v) is 3.67. The van der Waals surface area contributed by atoms with Crippen molar-refractivity contribution in [3.63, 3.8) is 0 Å². The first-order chi connectivity index (χ1) is 11.6. The number of carbonyl (C=O) groups excluding carboxylic acids is 1. The van der Waals surface area contributed by atoms with Crippen molar-refractivity contribution in [2.45, 2.75) is 11.1 Å². The molecule has 0 spiro atoms. The van der Waals surface area contributed by atoms with Crippen LogP contribution in [-0.2, 0) is 14.8 Å². The van der Waals surface area contributed by atoms with Gasteiger partial charge in [0.25, 0.3) is 5.91 Å². The predicted molar refractivity (Wildman–Crippen MR) is 81.0 cm³/mol. The van der Waals surface area contributed by atoms with Gasteiger partial charge in [-0.1, -0.05) is 0 Å². The SMILES string of the molecule is COc1ccc(S(=O)(=O)N2CCOCC2)cc1C(=O)NCC(F)(F)F. The summed E-state index contributed by atoms with van der Waals surface area (Å²) in [4.78, 5) is 11.8. The summed E-state index contributed by atoms with van der Waals surface area (Å²) < 4.78 is 73.2. The summed E-state index contributed by atoms with van der Waals surface area (Å²) >= 11 is 0. The van der Waals surface area contributed by atoms with E-state index in [1.54, 1.807) is 5.32 Å². The standard InChI is InChI=1S/C14H17F3N2O5S/c1-23-12-3-2-10(25(21,22)19-4-6-24-7-5-19)8-11(12)13(20)18-9-14(15,16)17/h2-3,8H,4-7,9H2,1H3,(H,18,20). The summed E-state index contributed by atoms with van der Waals surface area (Å²) in [6.45, 7) is -0.730. The van der Waals surface area contributed by atoms with Crippen molar-refractivity contribution in [3.8, 4) is 5.75 Å². The van der Waals surface area contributed by atoms with Gasteiger partial charge in [0.2, 0.25) is 10.0 Å². The molecule has 1 aliphatic rings. The number of methoxy groups -OCH3 is 1. The number of ether oxygens (including phenoxy) is 2. The topological polar surface area (TPSA) is 84.9 Å². The molecule has 1 aromatic carbocycles. The molecule has 140 valence electrons. The van der Waals surface area contributed by atoms with Crippen molar-refractivity contribution < 1.29 is 35.9 Å². The lowest BCUT2D eigenvalue weighted by Crippen LogP contribution is -2.40. The summed E-state index contributed by atoms with van der Waals surface area (Å²) in [7, 11) is -2.66. The Bertz CT molecular complexity index is 730. The summed E-state index contributed by atoms with van der Waals surface area (Å²) in [5, 5.41) is 1.70. The number of halogens is 3. The Kier molecular flexibility index (Phi) is 5.91. The molecule has 1 fully saturated rings. The van der Waals surface area contributed by atoms with E-state index in [1.165, 1.54) is 23.5 Å². The summed E-state index contributed by atoms with van der Waals surface area (Å²) in [5.41, 5.74) is -0.291. The average molecular weight is 382 g/mol. The van der Waals surface area contributed by atoms with E-state index >= 15 is 0 Å². The maximum Gasteiger partial charge on any atom is 0.405 e. The zero-order valence-electron chi connectivity index (χ0n) is 13.3. The highest BCUT2D eigenvalue weighted by Gasteiger charge is 2.30. The molecule has 1 N–H and O–H groups in total. The van der Waals surface area contributed by atoms with Crippen LogP contribution >= 0.6 is 0 Å². The van der Waals surface area contributed by atoms with Gasteiger partial charge in [-0.3, -0.25) is 4.79 Å². The molecular formula is C14H17F3N2O5S. The predicted octanol–water partition coefficient (Wildman–Crippen LogP) is 1.01. The maximum atomic E-state index is 12.6. The number of carbonyl (C=O) groups is 1. The Labute approximate surface area is 142 Å². The van der Waals surface area contributed by atoms with Crippen molar-refractivity contribution in [1.82, 2.24) is 9.62 Å². The lowest BCUT2D eigenvalue weighted by Gasteiger charge is -2.26. The third-order valence-electron chi connectivity index (χ3n) is 3.47. The fraction of sp³-hybridized carbons (Fsp3) is 0.500. The van der Waals surface area contributed by atoms with Crippen LogP contribution in [0.5, 0.6) is 5.75 Å². The fourth-order valence-electron chi connectivity index (χ4n) is 2.24. The number of benzene rings is 1. The van der Waals surface area contributed by atoms with Gasteiger partial charge in [0, 0.05) is 13.1 Å². The van der Waals surface area contributed by atoms with Crippen LogP contribution in [0.25, 0.3) is 0 Å². The molecule has 2 rings (SSSR count). The van der Waals surface area contributed by atoms with Gasteiger partial charge in [-0.2, -0.15) is 17.5 Å². The van der Waals surface area contributed by atoms with E-state index in [-0.39, 0.29) is 42.5 Å². The summed E-state index contributed by atoms with van der Waals surface area (Å²) in [6.07, 6.45) is -4.58. The van der Waals surface area contributed by atoms with Gasteiger partial charge < -0.3 is 14.8 Å². The third kappa shape index (κ3) is 4.83. The van der Waals surface area contributed by atoms with Crippen molar-refractivity contribution in [2.24, 2.45) is 0 Å². The van der Waals surface area contributed by atoms with E-state index < -0.39 is 28.7 Å². The summed E-state index contributed by atoms with van der Waals surface area (Å²) in [6, 6.07) is 3.48. The van der Waals surface area contributed by atoms with Crippen LogP contribution in [0, 0.1) is 0 Å². The lowest BCUT2D eigenvalue weighted by molar-refractivity contribution is -0.123. The number of alkyl halides is 3. The van der Waals surface area contributed by atoms with Crippen LogP contribution in [-0.4, -0.2) is 64.8 Å². The molecule has 0 aliphatic carbocycles. The van der Waals surface area contributed by atoms with Gasteiger partial charge in [-0.25, -0.2) is 8.42 Å². The Morgan fingerprint density at radius 2 is 1.96 bits per heavy atom. The first kappa shape index (κ1) is 19.5. The molecule has 1 aromatic rings. The van der Waals surface area contributed by atoms with Crippen molar-refractivity contribution >= 4 is 15.9 Å². The average Bonchev–Trinajstić information content (AvgIpc) is 2.59. The van der Waals surface area contributed by atoms with Gasteiger partial charge in [0.05, 0.1) is 30.8 Å². The Hall–Kier alpha value is -1.85. The molecule has 0 unspecified atom stereocenters. The second kappa shape index (κ2) is 7.58. The van der Waals surface area contributed by atoms with Crippen LogP contribution < -0.4 is 10.1 Å². The number of nitrogens with one attached hydrogen (secondary N) is 1. The van der Waals surface area contributed by atoms with E-state index in [9.17, 15) is 26.4 Å². The minimum absolute atomic E-state index is 0.0272. The largest absolute Gasteiger partial charge is 0.496 e. The van der Waals surface area contributed by atoms with Crippen molar-refractivity contribution in [2.75, 3.05) is 40.0 Å². The highest BCUT2D eigenvalue weighted by atomic mass is 32.2.